The fourth-order valence-electron chi connectivity index (χ4n) is 1.61. The number of ketones is 1. The second-order valence-corrected chi connectivity index (χ2v) is 9.87. The normalized spacial score (nSPS) is 15.1. The minimum atomic E-state index is -1.38. The molecule has 1 aliphatic heterocycles. The summed E-state index contributed by atoms with van der Waals surface area (Å²) in [5, 5.41) is 3.84. The molecule has 0 saturated heterocycles. The average molecular weight is 219 g/mol. The molecule has 1 N–H and O–H groups in total. The average Bonchev–Trinajstić information content (AvgIpc) is 2.41. The van der Waals surface area contributed by atoms with Crippen molar-refractivity contribution < 1.29 is 9.59 Å². The van der Waals surface area contributed by atoms with Crippen molar-refractivity contribution in [1.82, 2.24) is 0 Å². The largest absolute Gasteiger partial charge is 0.318 e. The SMILES string of the molecule is C[Si](C)(C)c1ccc2c(c1)NC(=O)C2=O. The van der Waals surface area contributed by atoms with Gasteiger partial charge in [-0.3, -0.25) is 9.59 Å². The number of fused-ring (bicyclic) bond motifs is 1. The summed E-state index contributed by atoms with van der Waals surface area (Å²) < 4.78 is 0. The number of hydrogen-bond acceptors (Lipinski definition) is 2. The van der Waals surface area contributed by atoms with E-state index in [-0.39, 0.29) is 0 Å². The van der Waals surface area contributed by atoms with E-state index in [4.69, 9.17) is 0 Å². The fourth-order valence-corrected chi connectivity index (χ4v) is 2.77. The first-order chi connectivity index (χ1) is 6.89. The molecule has 4 heteroatoms. The van der Waals surface area contributed by atoms with Crippen molar-refractivity contribution in [3.8, 4) is 0 Å². The van der Waals surface area contributed by atoms with Crippen LogP contribution in [0.5, 0.6) is 0 Å². The summed E-state index contributed by atoms with van der Waals surface area (Å²) in [5.74, 6) is -0.940. The van der Waals surface area contributed by atoms with Gasteiger partial charge in [0.25, 0.3) is 11.7 Å². The molecule has 3 nitrogen and oxygen atoms in total. The molecule has 0 atom stereocenters. The van der Waals surface area contributed by atoms with Crippen molar-refractivity contribution in [2.24, 2.45) is 0 Å². The van der Waals surface area contributed by atoms with Gasteiger partial charge in [-0.2, -0.15) is 0 Å². The first-order valence-electron chi connectivity index (χ1n) is 4.90. The van der Waals surface area contributed by atoms with E-state index < -0.39 is 19.8 Å². The molecule has 0 spiro atoms. The van der Waals surface area contributed by atoms with Gasteiger partial charge >= 0.3 is 0 Å². The Kier molecular flexibility index (Phi) is 2.04. The Bertz CT molecular complexity index is 460. The van der Waals surface area contributed by atoms with Gasteiger partial charge in [-0.05, 0) is 12.1 Å². The van der Waals surface area contributed by atoms with Gasteiger partial charge in [0, 0.05) is 0 Å². The Hall–Kier alpha value is -1.42. The molecule has 78 valence electrons. The number of hydrogen-bond donors (Lipinski definition) is 1. The van der Waals surface area contributed by atoms with E-state index in [1.807, 2.05) is 12.1 Å². The predicted molar refractivity (Wildman–Crippen MR) is 62.4 cm³/mol. The highest BCUT2D eigenvalue weighted by molar-refractivity contribution is 6.88. The van der Waals surface area contributed by atoms with Gasteiger partial charge < -0.3 is 5.32 Å². The van der Waals surface area contributed by atoms with Crippen molar-refractivity contribution in [2.75, 3.05) is 5.32 Å². The zero-order valence-corrected chi connectivity index (χ0v) is 10.0. The van der Waals surface area contributed by atoms with E-state index in [0.717, 1.165) is 0 Å². The molecule has 2 rings (SSSR count). The smallest absolute Gasteiger partial charge is 0.296 e. The van der Waals surface area contributed by atoms with E-state index in [2.05, 4.69) is 25.0 Å². The summed E-state index contributed by atoms with van der Waals surface area (Å²) in [5.41, 5.74) is 1.17. The molecule has 0 radical (unpaired) electrons. The molecule has 1 aromatic carbocycles. The van der Waals surface area contributed by atoms with Crippen LogP contribution in [0.1, 0.15) is 10.4 Å². The maximum Gasteiger partial charge on any atom is 0.296 e. The molecule has 1 aliphatic rings. The van der Waals surface area contributed by atoms with Crippen molar-refractivity contribution in [2.45, 2.75) is 19.6 Å². The lowest BCUT2D eigenvalue weighted by molar-refractivity contribution is -0.112. The van der Waals surface area contributed by atoms with Crippen molar-refractivity contribution in [1.29, 1.82) is 0 Å². The summed E-state index contributed by atoms with van der Waals surface area (Å²) >= 11 is 0. The number of nitrogens with one attached hydrogen (secondary N) is 1. The van der Waals surface area contributed by atoms with Crippen LogP contribution in [0, 0.1) is 0 Å². The standard InChI is InChI=1S/C11H13NO2Si/c1-15(2,3)7-4-5-8-9(6-7)12-11(14)10(8)13/h4-6H,1-3H3,(H,12,13,14). The van der Waals surface area contributed by atoms with Gasteiger partial charge in [-0.25, -0.2) is 0 Å². The van der Waals surface area contributed by atoms with Crippen LogP contribution in [0.2, 0.25) is 19.6 Å². The van der Waals surface area contributed by atoms with E-state index >= 15 is 0 Å². The van der Waals surface area contributed by atoms with Crippen LogP contribution in [-0.2, 0) is 4.79 Å². The number of amides is 1. The molecule has 1 aromatic rings. The summed E-state index contributed by atoms with van der Waals surface area (Å²) in [6, 6.07) is 5.65. The number of rotatable bonds is 1. The summed E-state index contributed by atoms with van der Waals surface area (Å²) in [4.78, 5) is 22.5. The third-order valence-corrected chi connectivity index (χ3v) is 4.63. The van der Waals surface area contributed by atoms with Gasteiger partial charge in [-0.1, -0.05) is 30.9 Å². The minimum Gasteiger partial charge on any atom is -0.318 e. The summed E-state index contributed by atoms with van der Waals surface area (Å²) in [6.07, 6.45) is 0. The number of carbonyl (C=O) groups excluding carboxylic acids is 2. The zero-order chi connectivity index (χ0) is 11.2. The van der Waals surface area contributed by atoms with Crippen molar-refractivity contribution >= 4 is 30.6 Å². The highest BCUT2D eigenvalue weighted by Crippen LogP contribution is 2.22. The van der Waals surface area contributed by atoms with Crippen LogP contribution in [0.4, 0.5) is 5.69 Å². The first kappa shape index (κ1) is 10.1. The Labute approximate surface area is 89.5 Å². The molecule has 0 unspecified atom stereocenters. The lowest BCUT2D eigenvalue weighted by atomic mass is 10.1. The van der Waals surface area contributed by atoms with Crippen LogP contribution < -0.4 is 10.5 Å². The van der Waals surface area contributed by atoms with Gasteiger partial charge in [0.2, 0.25) is 0 Å². The highest BCUT2D eigenvalue weighted by atomic mass is 28.3. The fraction of sp³-hybridized carbons (Fsp3) is 0.273. The number of benzene rings is 1. The van der Waals surface area contributed by atoms with E-state index in [1.165, 1.54) is 5.19 Å². The predicted octanol–water partition coefficient (Wildman–Crippen LogP) is 1.37. The molecule has 0 aliphatic carbocycles. The third-order valence-electron chi connectivity index (χ3n) is 2.58. The van der Waals surface area contributed by atoms with E-state index in [0.29, 0.717) is 11.3 Å². The van der Waals surface area contributed by atoms with Gasteiger partial charge in [0.1, 0.15) is 0 Å². The van der Waals surface area contributed by atoms with Gasteiger partial charge in [0.15, 0.2) is 0 Å². The van der Waals surface area contributed by atoms with E-state index in [9.17, 15) is 9.59 Å². The number of anilines is 1. The molecule has 0 bridgehead atoms. The molecule has 0 aromatic heterocycles. The topological polar surface area (TPSA) is 46.2 Å². The van der Waals surface area contributed by atoms with Crippen LogP contribution in [0.3, 0.4) is 0 Å². The lowest BCUT2D eigenvalue weighted by Crippen LogP contribution is -2.37. The second kappa shape index (κ2) is 3.03. The van der Waals surface area contributed by atoms with Crippen molar-refractivity contribution in [3.05, 3.63) is 23.8 Å². The maximum atomic E-state index is 11.4. The monoisotopic (exact) mass is 219 g/mol. The zero-order valence-electron chi connectivity index (χ0n) is 9.05. The Morgan fingerprint density at radius 1 is 1.13 bits per heavy atom. The summed E-state index contributed by atoms with van der Waals surface area (Å²) in [7, 11) is -1.38. The number of Topliss-reactive ketones (excluding diaryl/α,β-unsaturated/α-hetero) is 1. The molecule has 0 saturated carbocycles. The molecule has 0 fully saturated rings. The minimum absolute atomic E-state index is 0.424. The highest BCUT2D eigenvalue weighted by Gasteiger charge is 2.29. The first-order valence-corrected chi connectivity index (χ1v) is 8.40. The van der Waals surface area contributed by atoms with Gasteiger partial charge in [0.05, 0.1) is 19.3 Å². The van der Waals surface area contributed by atoms with Crippen LogP contribution in [0.25, 0.3) is 0 Å². The molecule has 15 heavy (non-hydrogen) atoms. The lowest BCUT2D eigenvalue weighted by Gasteiger charge is -2.17. The molecular weight excluding hydrogens is 206 g/mol. The molecule has 1 amide bonds. The maximum absolute atomic E-state index is 11.4. The van der Waals surface area contributed by atoms with Crippen molar-refractivity contribution in [3.63, 3.8) is 0 Å². The second-order valence-electron chi connectivity index (χ2n) is 4.79. The quantitative estimate of drug-likeness (QED) is 0.572. The third kappa shape index (κ3) is 1.61. The molecular formula is C11H13NO2Si. The van der Waals surface area contributed by atoms with Crippen LogP contribution in [-0.4, -0.2) is 19.8 Å². The Morgan fingerprint density at radius 2 is 1.80 bits per heavy atom. The summed E-state index contributed by atoms with van der Waals surface area (Å²) in [6.45, 7) is 6.69. The van der Waals surface area contributed by atoms with Gasteiger partial charge in [-0.15, -0.1) is 0 Å². The van der Waals surface area contributed by atoms with Crippen LogP contribution in [0.15, 0.2) is 18.2 Å². The van der Waals surface area contributed by atoms with E-state index in [1.54, 1.807) is 6.07 Å². The Morgan fingerprint density at radius 3 is 2.40 bits per heavy atom. The number of carbonyl (C=O) groups is 2. The molecule has 1 heterocycles. The Balaban J connectivity index is 2.51. The van der Waals surface area contributed by atoms with Crippen LogP contribution >= 0.6 is 0 Å².